The quantitative estimate of drug-likeness (QED) is 0.607. The molecule has 0 unspecified atom stereocenters. The van der Waals surface area contributed by atoms with Gasteiger partial charge < -0.3 is 4.74 Å². The number of aryl methyl sites for hydroxylation is 2. The molecule has 4 rings (SSSR count). The molecule has 0 saturated carbocycles. The van der Waals surface area contributed by atoms with Crippen molar-refractivity contribution >= 4 is 16.9 Å². The topological polar surface area (TPSA) is 86.3 Å². The highest BCUT2D eigenvalue weighted by Crippen LogP contribution is 2.29. The van der Waals surface area contributed by atoms with E-state index >= 15 is 0 Å². The zero-order valence-corrected chi connectivity index (χ0v) is 15.0. The van der Waals surface area contributed by atoms with Crippen LogP contribution in [0, 0.1) is 13.8 Å². The molecule has 0 aliphatic carbocycles. The van der Waals surface area contributed by atoms with Gasteiger partial charge in [0.15, 0.2) is 11.2 Å². The fraction of sp³-hybridized carbons (Fsp3) is 0.278. The maximum atomic E-state index is 12.4. The summed E-state index contributed by atoms with van der Waals surface area (Å²) < 4.78 is 10.8. The number of hydrogen-bond donors (Lipinski definition) is 1. The van der Waals surface area contributed by atoms with Crippen LogP contribution in [0.1, 0.15) is 18.3 Å². The van der Waals surface area contributed by atoms with Crippen LogP contribution >= 0.6 is 0 Å². The van der Waals surface area contributed by atoms with E-state index in [1.807, 2.05) is 49.6 Å². The van der Waals surface area contributed by atoms with Crippen LogP contribution in [-0.2, 0) is 7.05 Å². The van der Waals surface area contributed by atoms with E-state index in [-0.39, 0.29) is 0 Å². The Morgan fingerprint density at radius 1 is 1.15 bits per heavy atom. The normalized spacial score (nSPS) is 11.5. The second kappa shape index (κ2) is 5.62. The van der Waals surface area contributed by atoms with Gasteiger partial charge in [-0.05, 0) is 32.9 Å². The number of imidazole rings is 2. The molecular weight excluding hydrogens is 334 g/mol. The Kier molecular flexibility index (Phi) is 3.50. The SMILES string of the molecule is CCOc1ccccc1-n1c(C)c(C)n2c3c(=O)[nH]c(=O)n(C)c3nc12. The van der Waals surface area contributed by atoms with Gasteiger partial charge in [0.1, 0.15) is 5.75 Å². The number of H-pyrrole nitrogens is 1. The fourth-order valence-electron chi connectivity index (χ4n) is 3.32. The van der Waals surface area contributed by atoms with Crippen LogP contribution in [0.5, 0.6) is 5.75 Å². The molecule has 8 nitrogen and oxygen atoms in total. The summed E-state index contributed by atoms with van der Waals surface area (Å²) in [6.07, 6.45) is 0. The van der Waals surface area contributed by atoms with Crippen molar-refractivity contribution in [3.8, 4) is 11.4 Å². The number of benzene rings is 1. The second-order valence-electron chi connectivity index (χ2n) is 6.14. The molecule has 0 radical (unpaired) electrons. The van der Waals surface area contributed by atoms with Crippen molar-refractivity contribution in [2.45, 2.75) is 20.8 Å². The summed E-state index contributed by atoms with van der Waals surface area (Å²) in [5.74, 6) is 1.29. The van der Waals surface area contributed by atoms with Gasteiger partial charge in [0.25, 0.3) is 5.56 Å². The van der Waals surface area contributed by atoms with Crippen molar-refractivity contribution in [3.05, 3.63) is 56.5 Å². The van der Waals surface area contributed by atoms with Gasteiger partial charge in [-0.15, -0.1) is 0 Å². The zero-order chi connectivity index (χ0) is 18.6. The lowest BCUT2D eigenvalue weighted by Crippen LogP contribution is -2.28. The van der Waals surface area contributed by atoms with Crippen LogP contribution in [0.4, 0.5) is 0 Å². The Hall–Kier alpha value is -3.29. The number of ether oxygens (including phenoxy) is 1. The van der Waals surface area contributed by atoms with Crippen LogP contribution in [0.3, 0.4) is 0 Å². The van der Waals surface area contributed by atoms with Crippen LogP contribution in [0.25, 0.3) is 22.6 Å². The Morgan fingerprint density at radius 2 is 1.88 bits per heavy atom. The second-order valence-corrected chi connectivity index (χ2v) is 6.14. The first-order valence-electron chi connectivity index (χ1n) is 8.37. The van der Waals surface area contributed by atoms with Gasteiger partial charge in [-0.1, -0.05) is 12.1 Å². The van der Waals surface area contributed by atoms with E-state index in [9.17, 15) is 9.59 Å². The lowest BCUT2D eigenvalue weighted by molar-refractivity contribution is 0.339. The lowest BCUT2D eigenvalue weighted by atomic mass is 10.2. The van der Waals surface area contributed by atoms with E-state index in [0.29, 0.717) is 23.5 Å². The summed E-state index contributed by atoms with van der Waals surface area (Å²) in [5.41, 5.74) is 2.41. The van der Waals surface area contributed by atoms with Crippen molar-refractivity contribution in [1.29, 1.82) is 0 Å². The zero-order valence-electron chi connectivity index (χ0n) is 15.0. The minimum atomic E-state index is -0.487. The first-order chi connectivity index (χ1) is 12.5. The van der Waals surface area contributed by atoms with E-state index < -0.39 is 11.2 Å². The van der Waals surface area contributed by atoms with Crippen molar-refractivity contribution in [1.82, 2.24) is 23.5 Å². The van der Waals surface area contributed by atoms with Gasteiger partial charge >= 0.3 is 5.69 Å². The maximum Gasteiger partial charge on any atom is 0.329 e. The standard InChI is InChI=1S/C18H19N5O3/c1-5-26-13-9-7-6-8-12(13)22-10(2)11(3)23-14-15(19-17(22)23)21(4)18(25)20-16(14)24/h6-9H,5H2,1-4H3,(H,20,24,25). The smallest absolute Gasteiger partial charge is 0.329 e. The summed E-state index contributed by atoms with van der Waals surface area (Å²) >= 11 is 0. The molecule has 0 saturated heterocycles. The largest absolute Gasteiger partial charge is 0.492 e. The number of fused-ring (bicyclic) bond motifs is 3. The number of para-hydroxylation sites is 2. The maximum absolute atomic E-state index is 12.4. The third-order valence-electron chi connectivity index (χ3n) is 4.70. The molecule has 0 aliphatic heterocycles. The van der Waals surface area contributed by atoms with Crippen LogP contribution in [0.2, 0.25) is 0 Å². The molecule has 0 bridgehead atoms. The van der Waals surface area contributed by atoms with Gasteiger partial charge in [0.2, 0.25) is 5.78 Å². The number of aromatic nitrogens is 5. The molecule has 1 N–H and O–H groups in total. The third-order valence-corrected chi connectivity index (χ3v) is 4.70. The highest BCUT2D eigenvalue weighted by molar-refractivity contribution is 5.77. The predicted molar refractivity (Wildman–Crippen MR) is 98.5 cm³/mol. The average molecular weight is 353 g/mol. The Morgan fingerprint density at radius 3 is 2.62 bits per heavy atom. The molecule has 8 heteroatoms. The van der Waals surface area contributed by atoms with E-state index in [4.69, 9.17) is 4.74 Å². The molecule has 3 heterocycles. The van der Waals surface area contributed by atoms with Gasteiger partial charge in [-0.3, -0.25) is 23.3 Å². The van der Waals surface area contributed by atoms with Gasteiger partial charge in [0, 0.05) is 18.4 Å². The van der Waals surface area contributed by atoms with Gasteiger partial charge in [0.05, 0.1) is 12.3 Å². The number of aromatic amines is 1. The molecule has 0 spiro atoms. The number of nitrogens with zero attached hydrogens (tertiary/aromatic N) is 4. The summed E-state index contributed by atoms with van der Waals surface area (Å²) in [4.78, 5) is 31.3. The third kappa shape index (κ3) is 2.05. The molecule has 134 valence electrons. The molecule has 26 heavy (non-hydrogen) atoms. The molecule has 0 aliphatic rings. The molecule has 1 aromatic carbocycles. The van der Waals surface area contributed by atoms with Crippen molar-refractivity contribution in [2.75, 3.05) is 6.61 Å². The molecule has 4 aromatic rings. The summed E-state index contributed by atoms with van der Waals surface area (Å²) in [7, 11) is 1.59. The predicted octanol–water partition coefficient (Wildman–Crippen LogP) is 1.68. The van der Waals surface area contributed by atoms with Crippen LogP contribution in [0.15, 0.2) is 33.9 Å². The fourth-order valence-corrected chi connectivity index (χ4v) is 3.32. The highest BCUT2D eigenvalue weighted by atomic mass is 16.5. The van der Waals surface area contributed by atoms with Crippen molar-refractivity contribution in [2.24, 2.45) is 7.05 Å². The molecule has 0 fully saturated rings. The number of nitrogens with one attached hydrogen (secondary N) is 1. The molecule has 3 aromatic heterocycles. The van der Waals surface area contributed by atoms with Gasteiger partial charge in [-0.25, -0.2) is 4.79 Å². The monoisotopic (exact) mass is 353 g/mol. The van der Waals surface area contributed by atoms with Crippen molar-refractivity contribution in [3.63, 3.8) is 0 Å². The summed E-state index contributed by atoms with van der Waals surface area (Å²) in [5, 5.41) is 0. The lowest BCUT2D eigenvalue weighted by Gasteiger charge is -2.12. The summed E-state index contributed by atoms with van der Waals surface area (Å²) in [6, 6.07) is 7.68. The highest BCUT2D eigenvalue weighted by Gasteiger charge is 2.22. The minimum Gasteiger partial charge on any atom is -0.492 e. The Bertz CT molecular complexity index is 1270. The van der Waals surface area contributed by atoms with E-state index in [1.54, 1.807) is 11.4 Å². The van der Waals surface area contributed by atoms with Crippen molar-refractivity contribution < 1.29 is 4.74 Å². The van der Waals surface area contributed by atoms with Crippen LogP contribution < -0.4 is 16.0 Å². The molecular formula is C18H19N5O3. The van der Waals surface area contributed by atoms with Gasteiger partial charge in [-0.2, -0.15) is 4.98 Å². The first kappa shape index (κ1) is 16.2. The minimum absolute atomic E-state index is 0.347. The Balaban J connectivity index is 2.19. The number of rotatable bonds is 3. The van der Waals surface area contributed by atoms with E-state index in [1.165, 1.54) is 4.57 Å². The molecule has 0 amide bonds. The van der Waals surface area contributed by atoms with E-state index in [0.717, 1.165) is 22.8 Å². The Labute approximate surface area is 148 Å². The summed E-state index contributed by atoms with van der Waals surface area (Å²) in [6.45, 7) is 6.36. The number of hydrogen-bond acceptors (Lipinski definition) is 4. The van der Waals surface area contributed by atoms with Crippen LogP contribution in [-0.4, -0.2) is 30.1 Å². The first-order valence-corrected chi connectivity index (χ1v) is 8.37. The van der Waals surface area contributed by atoms with E-state index in [2.05, 4.69) is 9.97 Å². The molecule has 0 atom stereocenters. The average Bonchev–Trinajstić information content (AvgIpc) is 3.11.